The van der Waals surface area contributed by atoms with E-state index in [0.29, 0.717) is 5.82 Å². The molecule has 2 aromatic rings. The van der Waals surface area contributed by atoms with E-state index < -0.39 is 0 Å². The second-order valence-corrected chi connectivity index (χ2v) is 2.84. The van der Waals surface area contributed by atoms with Crippen LogP contribution in [0.25, 0.3) is 5.69 Å². The van der Waals surface area contributed by atoms with Crippen LogP contribution in [0.1, 0.15) is 33.4 Å². The van der Waals surface area contributed by atoms with Gasteiger partial charge in [0, 0.05) is 18.0 Å². The summed E-state index contributed by atoms with van der Waals surface area (Å²) >= 11 is 0. The van der Waals surface area contributed by atoms with Crippen molar-refractivity contribution in [2.24, 2.45) is 0 Å². The third kappa shape index (κ3) is 4.68. The van der Waals surface area contributed by atoms with Crippen LogP contribution in [0.4, 0.5) is 5.82 Å². The zero-order chi connectivity index (χ0) is 13.3. The number of hydrogen-bond acceptors (Lipinski definition) is 3. The first kappa shape index (κ1) is 15.2. The van der Waals surface area contributed by atoms with Crippen molar-refractivity contribution in [3.63, 3.8) is 0 Å². The molecule has 0 aliphatic carbocycles. The van der Waals surface area contributed by atoms with Crippen molar-refractivity contribution in [3.05, 3.63) is 36.3 Å². The number of nitrogen functional groups attached to an aromatic ring is 1. The second-order valence-electron chi connectivity index (χ2n) is 2.84. The molecule has 0 saturated carbocycles. The highest BCUT2D eigenvalue weighted by molar-refractivity contribution is 5.33. The van der Waals surface area contributed by atoms with Crippen LogP contribution in [-0.2, 0) is 0 Å². The molecule has 0 saturated heterocycles. The first-order chi connectivity index (χ1) is 8.25. The minimum atomic E-state index is 0.514. The standard InChI is InChI=1S/C9H10N4.2C2H6/c1-7-2-3-8(6-11-7)13-5-4-9(10)12-13;2*1-2/h2-6H,1H3,(H2,10,12);2*1-2H3. The van der Waals surface area contributed by atoms with E-state index in [-0.39, 0.29) is 0 Å². The molecule has 4 heteroatoms. The average molecular weight is 234 g/mol. The SMILES string of the molecule is CC.CC.Cc1ccc(-n2ccc(N)n2)cn1. The molecule has 0 atom stereocenters. The molecule has 0 spiro atoms. The van der Waals surface area contributed by atoms with Crippen LogP contribution in [0.5, 0.6) is 0 Å². The Kier molecular flexibility index (Phi) is 7.43. The Bertz CT molecular complexity index is 404. The summed E-state index contributed by atoms with van der Waals surface area (Å²) in [6, 6.07) is 5.64. The van der Waals surface area contributed by atoms with Crippen LogP contribution < -0.4 is 5.73 Å². The van der Waals surface area contributed by atoms with Crippen LogP contribution in [0, 0.1) is 6.92 Å². The van der Waals surface area contributed by atoms with Crippen LogP contribution in [0.2, 0.25) is 0 Å². The molecule has 0 aliphatic heterocycles. The van der Waals surface area contributed by atoms with Crippen molar-refractivity contribution in [1.82, 2.24) is 14.8 Å². The third-order valence-corrected chi connectivity index (χ3v) is 1.77. The van der Waals surface area contributed by atoms with Gasteiger partial charge in [0.2, 0.25) is 0 Å². The van der Waals surface area contributed by atoms with E-state index in [1.54, 1.807) is 16.9 Å². The lowest BCUT2D eigenvalue weighted by Crippen LogP contribution is -1.97. The summed E-state index contributed by atoms with van der Waals surface area (Å²) in [6.07, 6.45) is 3.57. The lowest BCUT2D eigenvalue weighted by atomic mass is 10.3. The molecule has 17 heavy (non-hydrogen) atoms. The number of aryl methyl sites for hydroxylation is 1. The molecule has 2 rings (SSSR count). The molecule has 0 bridgehead atoms. The molecule has 4 nitrogen and oxygen atoms in total. The van der Waals surface area contributed by atoms with Crippen molar-refractivity contribution >= 4 is 5.82 Å². The number of rotatable bonds is 1. The van der Waals surface area contributed by atoms with Gasteiger partial charge in [0.15, 0.2) is 0 Å². The number of nitrogens with zero attached hydrogens (tertiary/aromatic N) is 3. The number of pyridine rings is 1. The highest BCUT2D eigenvalue weighted by Gasteiger charge is 1.97. The average Bonchev–Trinajstić information content (AvgIpc) is 2.82. The molecule has 0 aromatic carbocycles. The van der Waals surface area contributed by atoms with Gasteiger partial charge in [-0.25, -0.2) is 4.68 Å². The van der Waals surface area contributed by atoms with Crippen molar-refractivity contribution < 1.29 is 0 Å². The fourth-order valence-electron chi connectivity index (χ4n) is 1.08. The summed E-state index contributed by atoms with van der Waals surface area (Å²) in [5.74, 6) is 0.514. The summed E-state index contributed by atoms with van der Waals surface area (Å²) < 4.78 is 1.70. The van der Waals surface area contributed by atoms with Crippen LogP contribution in [0.15, 0.2) is 30.6 Å². The van der Waals surface area contributed by atoms with Crippen molar-refractivity contribution in [3.8, 4) is 5.69 Å². The Balaban J connectivity index is 0.000000581. The minimum absolute atomic E-state index is 0.514. The van der Waals surface area contributed by atoms with E-state index in [4.69, 9.17) is 5.73 Å². The van der Waals surface area contributed by atoms with Gasteiger partial charge >= 0.3 is 0 Å². The summed E-state index contributed by atoms with van der Waals surface area (Å²) in [5.41, 5.74) is 7.40. The van der Waals surface area contributed by atoms with Crippen molar-refractivity contribution in [2.75, 3.05) is 5.73 Å². The molecule has 2 N–H and O–H groups in total. The maximum absolute atomic E-state index is 5.49. The Morgan fingerprint density at radius 3 is 2.12 bits per heavy atom. The van der Waals surface area contributed by atoms with Crippen molar-refractivity contribution in [2.45, 2.75) is 34.6 Å². The van der Waals surface area contributed by atoms with E-state index >= 15 is 0 Å². The quantitative estimate of drug-likeness (QED) is 0.824. The fourth-order valence-corrected chi connectivity index (χ4v) is 1.08. The first-order valence-electron chi connectivity index (χ1n) is 6.00. The van der Waals surface area contributed by atoms with Gasteiger partial charge in [-0.1, -0.05) is 27.7 Å². The van der Waals surface area contributed by atoms with Gasteiger partial charge in [-0.05, 0) is 19.1 Å². The molecular formula is C13H22N4. The predicted octanol–water partition coefficient (Wildman–Crippen LogP) is 3.21. The lowest BCUT2D eigenvalue weighted by molar-refractivity contribution is 0.877. The van der Waals surface area contributed by atoms with E-state index in [2.05, 4.69) is 10.1 Å². The smallest absolute Gasteiger partial charge is 0.145 e. The minimum Gasteiger partial charge on any atom is -0.382 e. The van der Waals surface area contributed by atoms with E-state index in [1.165, 1.54) is 0 Å². The topological polar surface area (TPSA) is 56.7 Å². The lowest BCUT2D eigenvalue weighted by Gasteiger charge is -1.99. The van der Waals surface area contributed by atoms with Crippen LogP contribution >= 0.6 is 0 Å². The Morgan fingerprint density at radius 1 is 1.06 bits per heavy atom. The number of hydrogen-bond donors (Lipinski definition) is 1. The molecule has 2 aromatic heterocycles. The van der Waals surface area contributed by atoms with Gasteiger partial charge in [-0.2, -0.15) is 5.10 Å². The molecule has 94 valence electrons. The molecule has 0 unspecified atom stereocenters. The van der Waals surface area contributed by atoms with Gasteiger partial charge in [0.1, 0.15) is 5.82 Å². The number of nitrogens with two attached hydrogens (primary N) is 1. The van der Waals surface area contributed by atoms with E-state index in [0.717, 1.165) is 11.4 Å². The Hall–Kier alpha value is -1.84. The largest absolute Gasteiger partial charge is 0.382 e. The monoisotopic (exact) mass is 234 g/mol. The third-order valence-electron chi connectivity index (χ3n) is 1.77. The second kappa shape index (κ2) is 8.33. The Morgan fingerprint density at radius 2 is 1.71 bits per heavy atom. The molecular weight excluding hydrogens is 212 g/mol. The zero-order valence-corrected chi connectivity index (χ0v) is 11.3. The summed E-state index contributed by atoms with van der Waals surface area (Å²) in [7, 11) is 0. The zero-order valence-electron chi connectivity index (χ0n) is 11.3. The van der Waals surface area contributed by atoms with E-state index in [9.17, 15) is 0 Å². The predicted molar refractivity (Wildman–Crippen MR) is 73.2 cm³/mol. The van der Waals surface area contributed by atoms with Crippen LogP contribution in [0.3, 0.4) is 0 Å². The van der Waals surface area contributed by atoms with Gasteiger partial charge in [-0.3, -0.25) is 4.98 Å². The maximum atomic E-state index is 5.49. The molecule has 0 radical (unpaired) electrons. The number of aromatic nitrogens is 3. The summed E-state index contributed by atoms with van der Waals surface area (Å²) in [6.45, 7) is 9.95. The highest BCUT2D eigenvalue weighted by Crippen LogP contribution is 2.06. The van der Waals surface area contributed by atoms with Gasteiger partial charge < -0.3 is 5.73 Å². The van der Waals surface area contributed by atoms with Gasteiger partial charge in [-0.15, -0.1) is 0 Å². The molecule has 0 aliphatic rings. The van der Waals surface area contributed by atoms with Crippen molar-refractivity contribution in [1.29, 1.82) is 0 Å². The normalized spacial score (nSPS) is 8.53. The fraction of sp³-hybridized carbons (Fsp3) is 0.385. The summed E-state index contributed by atoms with van der Waals surface area (Å²) in [5, 5.41) is 4.07. The molecule has 2 heterocycles. The van der Waals surface area contributed by atoms with E-state index in [1.807, 2.05) is 52.9 Å². The highest BCUT2D eigenvalue weighted by atomic mass is 15.3. The summed E-state index contributed by atoms with van der Waals surface area (Å²) in [4.78, 5) is 4.16. The maximum Gasteiger partial charge on any atom is 0.145 e. The van der Waals surface area contributed by atoms with Gasteiger partial charge in [0.05, 0.1) is 11.9 Å². The van der Waals surface area contributed by atoms with Crippen LogP contribution in [-0.4, -0.2) is 14.8 Å². The number of anilines is 1. The first-order valence-corrected chi connectivity index (χ1v) is 6.00. The molecule has 0 amide bonds. The Labute approximate surface area is 103 Å². The van der Waals surface area contributed by atoms with Gasteiger partial charge in [0.25, 0.3) is 0 Å². The molecule has 0 fully saturated rings.